The van der Waals surface area contributed by atoms with Crippen LogP contribution in [0.25, 0.3) is 0 Å². The summed E-state index contributed by atoms with van der Waals surface area (Å²) in [4.78, 5) is 16.3. The van der Waals surface area contributed by atoms with Gasteiger partial charge in [0.05, 0.1) is 5.57 Å². The fraction of sp³-hybridized carbons (Fsp3) is 0. The van der Waals surface area contributed by atoms with Gasteiger partial charge in [-0.1, -0.05) is 0 Å². The van der Waals surface area contributed by atoms with Gasteiger partial charge < -0.3 is 10.0 Å². The molecule has 2 aliphatic heterocycles. The Bertz CT molecular complexity index is 414. The predicted molar refractivity (Wildman–Crippen MR) is 52.4 cm³/mol. The molecule has 0 aromatic heterocycles. The lowest BCUT2D eigenvalue weighted by atomic mass is 10.1. The lowest BCUT2D eigenvalue weighted by molar-refractivity contribution is -0.132. The molecule has 0 amide bonds. The molecule has 14 heavy (non-hydrogen) atoms. The van der Waals surface area contributed by atoms with Crippen LogP contribution in [0.15, 0.2) is 53.1 Å². The molecule has 0 saturated heterocycles. The maximum atomic E-state index is 10.7. The Kier molecular flexibility index (Phi) is 2.02. The Labute approximate surface area is 80.9 Å². The molecule has 0 aromatic rings. The van der Waals surface area contributed by atoms with E-state index >= 15 is 0 Å². The molecule has 0 fully saturated rings. The number of aliphatic imine (C=N–C) groups is 1. The van der Waals surface area contributed by atoms with Gasteiger partial charge in [0.25, 0.3) is 0 Å². The summed E-state index contributed by atoms with van der Waals surface area (Å²) in [6.07, 6.45) is 11.7. The summed E-state index contributed by atoms with van der Waals surface area (Å²) in [5.41, 5.74) is 1.15. The van der Waals surface area contributed by atoms with Crippen molar-refractivity contribution >= 4 is 12.2 Å². The van der Waals surface area contributed by atoms with Gasteiger partial charge in [-0.3, -0.25) is 4.99 Å². The maximum absolute atomic E-state index is 10.7. The third-order valence-electron chi connectivity index (χ3n) is 1.90. The molecule has 2 rings (SSSR count). The van der Waals surface area contributed by atoms with Gasteiger partial charge in [-0.15, -0.1) is 0 Å². The maximum Gasteiger partial charge on any atom is 0.337 e. The van der Waals surface area contributed by atoms with Crippen molar-refractivity contribution in [3.8, 4) is 0 Å². The highest BCUT2D eigenvalue weighted by Gasteiger charge is 2.12. The van der Waals surface area contributed by atoms with Crippen molar-refractivity contribution in [1.29, 1.82) is 0 Å². The van der Waals surface area contributed by atoms with Crippen LogP contribution in [0.3, 0.4) is 0 Å². The van der Waals surface area contributed by atoms with E-state index in [1.165, 1.54) is 0 Å². The molecule has 0 aromatic carbocycles. The number of carboxylic acid groups (broad SMARTS) is 1. The van der Waals surface area contributed by atoms with Gasteiger partial charge in [-0.25, -0.2) is 4.79 Å². The first kappa shape index (κ1) is 8.50. The van der Waals surface area contributed by atoms with E-state index in [0.29, 0.717) is 0 Å². The van der Waals surface area contributed by atoms with Crippen LogP contribution < -0.4 is 0 Å². The third-order valence-corrected chi connectivity index (χ3v) is 1.90. The Morgan fingerprint density at radius 2 is 2.29 bits per heavy atom. The molecule has 70 valence electrons. The summed E-state index contributed by atoms with van der Waals surface area (Å²) in [5.74, 6) is -0.932. The topological polar surface area (TPSA) is 52.9 Å². The van der Waals surface area contributed by atoms with Crippen molar-refractivity contribution < 1.29 is 9.90 Å². The monoisotopic (exact) mass is 188 g/mol. The number of carboxylic acids is 1. The van der Waals surface area contributed by atoms with Gasteiger partial charge in [0.15, 0.2) is 0 Å². The number of carbonyl (C=O) groups is 1. The van der Waals surface area contributed by atoms with Crippen molar-refractivity contribution in [2.24, 2.45) is 4.99 Å². The van der Waals surface area contributed by atoms with E-state index in [-0.39, 0.29) is 5.57 Å². The fourth-order valence-corrected chi connectivity index (χ4v) is 1.21. The summed E-state index contributed by atoms with van der Waals surface area (Å²) in [6.45, 7) is 0. The van der Waals surface area contributed by atoms with Gasteiger partial charge in [-0.2, -0.15) is 0 Å². The third kappa shape index (κ3) is 1.50. The van der Waals surface area contributed by atoms with E-state index in [0.717, 1.165) is 5.70 Å². The van der Waals surface area contributed by atoms with Gasteiger partial charge in [0.1, 0.15) is 0 Å². The Morgan fingerprint density at radius 1 is 1.43 bits per heavy atom. The van der Waals surface area contributed by atoms with Crippen molar-refractivity contribution in [3.63, 3.8) is 0 Å². The molecule has 0 spiro atoms. The van der Waals surface area contributed by atoms with E-state index in [4.69, 9.17) is 5.11 Å². The summed E-state index contributed by atoms with van der Waals surface area (Å²) in [7, 11) is 0. The van der Waals surface area contributed by atoms with Crippen LogP contribution >= 0.6 is 0 Å². The van der Waals surface area contributed by atoms with E-state index in [1.807, 2.05) is 6.08 Å². The number of aliphatic carboxylic acids is 1. The minimum absolute atomic E-state index is 0.258. The minimum Gasteiger partial charge on any atom is -0.478 e. The van der Waals surface area contributed by atoms with Crippen LogP contribution in [0.5, 0.6) is 0 Å². The highest BCUT2D eigenvalue weighted by atomic mass is 16.4. The number of rotatable bonds is 1. The highest BCUT2D eigenvalue weighted by molar-refractivity contribution is 5.90. The SMILES string of the molecule is O=C(O)C1=CN2C=CN=CC=C2C=C1. The molecule has 0 saturated carbocycles. The zero-order chi connectivity index (χ0) is 9.97. The Morgan fingerprint density at radius 3 is 3.07 bits per heavy atom. The summed E-state index contributed by atoms with van der Waals surface area (Å²) in [6, 6.07) is 0. The zero-order valence-electron chi connectivity index (χ0n) is 7.29. The molecule has 0 atom stereocenters. The molecule has 4 nitrogen and oxygen atoms in total. The van der Waals surface area contributed by atoms with Crippen LogP contribution in [-0.4, -0.2) is 22.2 Å². The molecule has 0 radical (unpaired) electrons. The average molecular weight is 188 g/mol. The molecule has 2 aliphatic rings. The summed E-state index contributed by atoms with van der Waals surface area (Å²) >= 11 is 0. The first-order valence-electron chi connectivity index (χ1n) is 4.09. The number of hydrogen-bond acceptors (Lipinski definition) is 3. The molecule has 1 N–H and O–H groups in total. The van der Waals surface area contributed by atoms with Gasteiger partial charge in [0.2, 0.25) is 0 Å². The molecule has 0 aliphatic carbocycles. The van der Waals surface area contributed by atoms with Crippen LogP contribution in [0.1, 0.15) is 0 Å². The van der Waals surface area contributed by atoms with Crippen molar-refractivity contribution in [2.75, 3.05) is 0 Å². The molecule has 4 heteroatoms. The van der Waals surface area contributed by atoms with Crippen molar-refractivity contribution in [3.05, 3.63) is 48.1 Å². The standard InChI is InChI=1S/C10H8N2O2/c13-10(14)8-1-2-9-3-4-11-5-6-12(9)7-8/h1-7H,(H,13,14). The second kappa shape index (κ2) is 3.33. The Balaban J connectivity index is 2.36. The van der Waals surface area contributed by atoms with E-state index in [9.17, 15) is 4.79 Å². The first-order valence-corrected chi connectivity index (χ1v) is 4.09. The van der Waals surface area contributed by atoms with Gasteiger partial charge >= 0.3 is 5.97 Å². The lowest BCUT2D eigenvalue weighted by Crippen LogP contribution is -2.14. The lowest BCUT2D eigenvalue weighted by Gasteiger charge is -2.19. The smallest absolute Gasteiger partial charge is 0.337 e. The molecular formula is C10H8N2O2. The van der Waals surface area contributed by atoms with Crippen molar-refractivity contribution in [2.45, 2.75) is 0 Å². The second-order valence-electron chi connectivity index (χ2n) is 2.82. The zero-order valence-corrected chi connectivity index (χ0v) is 7.29. The van der Waals surface area contributed by atoms with Crippen LogP contribution in [-0.2, 0) is 4.79 Å². The molecule has 0 bridgehead atoms. The Hall–Kier alpha value is -2.10. The van der Waals surface area contributed by atoms with Crippen LogP contribution in [0.4, 0.5) is 0 Å². The summed E-state index contributed by atoms with van der Waals surface area (Å²) in [5, 5.41) is 8.78. The van der Waals surface area contributed by atoms with Crippen LogP contribution in [0.2, 0.25) is 0 Å². The largest absolute Gasteiger partial charge is 0.478 e. The quantitative estimate of drug-likeness (QED) is 0.674. The second-order valence-corrected chi connectivity index (χ2v) is 2.82. The minimum atomic E-state index is -0.932. The summed E-state index contributed by atoms with van der Waals surface area (Å²) < 4.78 is 0. The molecular weight excluding hydrogens is 180 g/mol. The number of hydrogen-bond donors (Lipinski definition) is 1. The van der Waals surface area contributed by atoms with Gasteiger partial charge in [-0.05, 0) is 18.2 Å². The highest BCUT2D eigenvalue weighted by Crippen LogP contribution is 2.18. The normalized spacial score (nSPS) is 18.4. The number of allylic oxidation sites excluding steroid dienone is 2. The first-order chi connectivity index (χ1) is 6.77. The number of nitrogens with zero attached hydrogens (tertiary/aromatic N) is 2. The number of fused-ring (bicyclic) bond motifs is 1. The fourth-order valence-electron chi connectivity index (χ4n) is 1.21. The van der Waals surface area contributed by atoms with Gasteiger partial charge in [0, 0.05) is 30.5 Å². The average Bonchev–Trinajstić information content (AvgIpc) is 2.41. The van der Waals surface area contributed by atoms with E-state index < -0.39 is 5.97 Å². The van der Waals surface area contributed by atoms with Crippen LogP contribution in [0, 0.1) is 0 Å². The van der Waals surface area contributed by atoms with E-state index in [2.05, 4.69) is 4.99 Å². The molecule has 0 unspecified atom stereocenters. The molecule has 2 heterocycles. The predicted octanol–water partition coefficient (Wildman–Crippen LogP) is 1.27. The van der Waals surface area contributed by atoms with Crippen molar-refractivity contribution in [1.82, 2.24) is 4.90 Å². The van der Waals surface area contributed by atoms with E-state index in [1.54, 1.807) is 41.9 Å².